The first-order valence-corrected chi connectivity index (χ1v) is 4.07. The zero-order chi connectivity index (χ0) is 9.56. The lowest BCUT2D eigenvalue weighted by Crippen LogP contribution is -2.39. The molecule has 1 unspecified atom stereocenters. The van der Waals surface area contributed by atoms with E-state index >= 15 is 0 Å². The van der Waals surface area contributed by atoms with Gasteiger partial charge in [0, 0.05) is 13.7 Å². The van der Waals surface area contributed by atoms with Gasteiger partial charge in [0.25, 0.3) is 0 Å². The van der Waals surface area contributed by atoms with Crippen LogP contribution in [0.15, 0.2) is 0 Å². The third-order valence-electron chi connectivity index (χ3n) is 1.75. The molecular weight excluding hydrogens is 158 g/mol. The van der Waals surface area contributed by atoms with E-state index in [1.54, 1.807) is 14.0 Å². The summed E-state index contributed by atoms with van der Waals surface area (Å²) in [5, 5.41) is 8.74. The van der Waals surface area contributed by atoms with Gasteiger partial charge in [-0.3, -0.25) is 4.79 Å². The number of nitrogens with zero attached hydrogens (tertiary/aromatic N) is 1. The number of aliphatic hydroxyl groups excluding tert-OH is 1. The van der Waals surface area contributed by atoms with Crippen molar-refractivity contribution in [3.63, 3.8) is 0 Å². The van der Waals surface area contributed by atoms with Gasteiger partial charge in [0.2, 0.25) is 5.91 Å². The van der Waals surface area contributed by atoms with E-state index in [-0.39, 0.29) is 25.2 Å². The third-order valence-corrected chi connectivity index (χ3v) is 1.75. The van der Waals surface area contributed by atoms with Crippen LogP contribution in [0.5, 0.6) is 0 Å². The van der Waals surface area contributed by atoms with E-state index in [1.165, 1.54) is 4.90 Å². The second kappa shape index (κ2) is 5.97. The number of likely N-dealkylation sites (N-methyl/N-ethyl adjacent to an activating group) is 1. The molecule has 0 rings (SSSR count). The van der Waals surface area contributed by atoms with Gasteiger partial charge in [-0.25, -0.2) is 0 Å². The second-order valence-electron chi connectivity index (χ2n) is 2.67. The van der Waals surface area contributed by atoms with Crippen LogP contribution >= 0.6 is 0 Å². The highest BCUT2D eigenvalue weighted by Gasteiger charge is 2.13. The van der Waals surface area contributed by atoms with E-state index < -0.39 is 0 Å². The average molecular weight is 175 g/mol. The van der Waals surface area contributed by atoms with Crippen molar-refractivity contribution in [2.75, 3.05) is 26.9 Å². The Bertz CT molecular complexity index is 138. The average Bonchev–Trinajstić information content (AvgIpc) is 2.11. The maximum absolute atomic E-state index is 11.2. The van der Waals surface area contributed by atoms with Gasteiger partial charge in [-0.05, 0) is 13.8 Å². The van der Waals surface area contributed by atoms with E-state index in [2.05, 4.69) is 0 Å². The zero-order valence-corrected chi connectivity index (χ0v) is 7.91. The van der Waals surface area contributed by atoms with E-state index in [1.807, 2.05) is 6.92 Å². The number of hydrogen-bond acceptors (Lipinski definition) is 3. The molecule has 0 saturated heterocycles. The molecule has 1 atom stereocenters. The monoisotopic (exact) mass is 175 g/mol. The molecule has 0 aromatic rings. The summed E-state index contributed by atoms with van der Waals surface area (Å²) in [6.07, 6.45) is 0. The minimum absolute atomic E-state index is 0.0195. The normalized spacial score (nSPS) is 12.7. The number of rotatable bonds is 5. The van der Waals surface area contributed by atoms with Crippen LogP contribution in [0, 0.1) is 0 Å². The number of carbonyl (C=O) groups is 1. The molecule has 72 valence electrons. The van der Waals surface area contributed by atoms with Crippen molar-refractivity contribution in [3.8, 4) is 0 Å². The van der Waals surface area contributed by atoms with Gasteiger partial charge in [-0.15, -0.1) is 0 Å². The predicted octanol–water partition coefficient (Wildman–Crippen LogP) is -0.138. The highest BCUT2D eigenvalue weighted by atomic mass is 16.5. The second-order valence-corrected chi connectivity index (χ2v) is 2.67. The summed E-state index contributed by atoms with van der Waals surface area (Å²) in [6.45, 7) is 4.23. The van der Waals surface area contributed by atoms with Crippen LogP contribution in [0.3, 0.4) is 0 Å². The molecule has 4 nitrogen and oxygen atoms in total. The topological polar surface area (TPSA) is 49.8 Å². The molecule has 0 aliphatic carbocycles. The van der Waals surface area contributed by atoms with E-state index in [4.69, 9.17) is 9.84 Å². The predicted molar refractivity (Wildman–Crippen MR) is 45.8 cm³/mol. The van der Waals surface area contributed by atoms with Crippen LogP contribution in [0.25, 0.3) is 0 Å². The van der Waals surface area contributed by atoms with Crippen molar-refractivity contribution in [2.45, 2.75) is 19.9 Å². The summed E-state index contributed by atoms with van der Waals surface area (Å²) in [6, 6.07) is -0.141. The van der Waals surface area contributed by atoms with Crippen molar-refractivity contribution in [2.24, 2.45) is 0 Å². The molecule has 0 aliphatic heterocycles. The minimum atomic E-state index is -0.141. The van der Waals surface area contributed by atoms with E-state index in [0.29, 0.717) is 6.61 Å². The molecule has 0 spiro atoms. The number of hydrogen-bond donors (Lipinski definition) is 1. The maximum atomic E-state index is 11.2. The standard InChI is InChI=1S/C8H17NO3/c1-4-12-6-8(11)9(3)7(2)5-10/h7,10H,4-6H2,1-3H3. The molecule has 0 radical (unpaired) electrons. The van der Waals surface area contributed by atoms with Crippen LogP contribution < -0.4 is 0 Å². The summed E-state index contributed by atoms with van der Waals surface area (Å²) in [5.41, 5.74) is 0. The number of carbonyl (C=O) groups excluding carboxylic acids is 1. The van der Waals surface area contributed by atoms with Crippen LogP contribution in [0.1, 0.15) is 13.8 Å². The summed E-state index contributed by atoms with van der Waals surface area (Å²) < 4.78 is 4.94. The fourth-order valence-electron chi connectivity index (χ4n) is 0.659. The summed E-state index contributed by atoms with van der Waals surface area (Å²) in [7, 11) is 1.66. The summed E-state index contributed by atoms with van der Waals surface area (Å²) >= 11 is 0. The Labute approximate surface area is 73.1 Å². The van der Waals surface area contributed by atoms with Crippen molar-refractivity contribution in [1.29, 1.82) is 0 Å². The Kier molecular flexibility index (Phi) is 5.66. The van der Waals surface area contributed by atoms with Crippen LogP contribution in [-0.4, -0.2) is 48.8 Å². The molecule has 0 aromatic heterocycles. The first kappa shape index (κ1) is 11.4. The number of amides is 1. The molecule has 1 N–H and O–H groups in total. The smallest absolute Gasteiger partial charge is 0.248 e. The lowest BCUT2D eigenvalue weighted by Gasteiger charge is -2.22. The van der Waals surface area contributed by atoms with Gasteiger partial charge in [0.1, 0.15) is 6.61 Å². The van der Waals surface area contributed by atoms with Crippen molar-refractivity contribution < 1.29 is 14.6 Å². The van der Waals surface area contributed by atoms with Crippen LogP contribution in [0.4, 0.5) is 0 Å². The Morgan fingerprint density at radius 1 is 1.67 bits per heavy atom. The highest BCUT2D eigenvalue weighted by molar-refractivity contribution is 5.77. The fraction of sp³-hybridized carbons (Fsp3) is 0.875. The Morgan fingerprint density at radius 3 is 2.67 bits per heavy atom. The summed E-state index contributed by atoms with van der Waals surface area (Å²) in [4.78, 5) is 12.7. The van der Waals surface area contributed by atoms with Gasteiger partial charge >= 0.3 is 0 Å². The van der Waals surface area contributed by atoms with E-state index in [9.17, 15) is 4.79 Å². The molecule has 0 saturated carbocycles. The fourth-order valence-corrected chi connectivity index (χ4v) is 0.659. The summed E-state index contributed by atoms with van der Waals surface area (Å²) in [5.74, 6) is -0.0987. The first-order valence-electron chi connectivity index (χ1n) is 4.07. The molecule has 1 amide bonds. The quantitative estimate of drug-likeness (QED) is 0.633. The largest absolute Gasteiger partial charge is 0.394 e. The molecule has 0 aromatic carbocycles. The first-order chi connectivity index (χ1) is 5.63. The third kappa shape index (κ3) is 3.69. The Balaban J connectivity index is 3.75. The molecule has 0 heterocycles. The van der Waals surface area contributed by atoms with Crippen LogP contribution in [-0.2, 0) is 9.53 Å². The lowest BCUT2D eigenvalue weighted by molar-refractivity contribution is -0.137. The number of ether oxygens (including phenoxy) is 1. The zero-order valence-electron chi connectivity index (χ0n) is 7.91. The maximum Gasteiger partial charge on any atom is 0.248 e. The van der Waals surface area contributed by atoms with Gasteiger partial charge in [0.15, 0.2) is 0 Å². The molecule has 12 heavy (non-hydrogen) atoms. The van der Waals surface area contributed by atoms with Crippen molar-refractivity contribution >= 4 is 5.91 Å². The molecular formula is C8H17NO3. The van der Waals surface area contributed by atoms with Crippen molar-refractivity contribution in [1.82, 2.24) is 4.90 Å². The molecule has 4 heteroatoms. The minimum Gasteiger partial charge on any atom is -0.394 e. The van der Waals surface area contributed by atoms with Gasteiger partial charge in [-0.2, -0.15) is 0 Å². The van der Waals surface area contributed by atoms with E-state index in [0.717, 1.165) is 0 Å². The van der Waals surface area contributed by atoms with Gasteiger partial charge < -0.3 is 14.7 Å². The Hall–Kier alpha value is -0.610. The lowest BCUT2D eigenvalue weighted by atomic mass is 10.3. The Morgan fingerprint density at radius 2 is 2.25 bits per heavy atom. The van der Waals surface area contributed by atoms with Gasteiger partial charge in [0.05, 0.1) is 12.6 Å². The molecule has 0 aliphatic rings. The van der Waals surface area contributed by atoms with Crippen molar-refractivity contribution in [3.05, 3.63) is 0 Å². The van der Waals surface area contributed by atoms with Gasteiger partial charge in [-0.1, -0.05) is 0 Å². The SMILES string of the molecule is CCOCC(=O)N(C)C(C)CO. The highest BCUT2D eigenvalue weighted by Crippen LogP contribution is 1.94. The molecule has 0 fully saturated rings. The number of aliphatic hydroxyl groups is 1. The van der Waals surface area contributed by atoms with Crippen LogP contribution in [0.2, 0.25) is 0 Å². The molecule has 0 bridgehead atoms.